The van der Waals surface area contributed by atoms with Crippen LogP contribution in [0.25, 0.3) is 0 Å². The van der Waals surface area contributed by atoms with Crippen LogP contribution in [-0.4, -0.2) is 17.6 Å². The zero-order valence-corrected chi connectivity index (χ0v) is 13.4. The second kappa shape index (κ2) is 7.25. The molecule has 0 radical (unpaired) electrons. The summed E-state index contributed by atoms with van der Waals surface area (Å²) in [6, 6.07) is 0.592. The first-order valence-corrected chi connectivity index (χ1v) is 8.03. The van der Waals surface area contributed by atoms with Crippen molar-refractivity contribution in [1.29, 1.82) is 0 Å². The highest BCUT2D eigenvalue weighted by Crippen LogP contribution is 2.24. The molecule has 0 saturated carbocycles. The number of aromatic nitrogens is 1. The van der Waals surface area contributed by atoms with Crippen LogP contribution in [0.15, 0.2) is 5.38 Å². The van der Waals surface area contributed by atoms with Crippen molar-refractivity contribution in [3.8, 4) is 0 Å². The molecule has 1 N–H and O–H groups in total. The summed E-state index contributed by atoms with van der Waals surface area (Å²) in [6.45, 7) is 12.3. The number of nitrogens with zero attached hydrogens (tertiary/aromatic N) is 1. The van der Waals surface area contributed by atoms with Crippen LogP contribution in [0.2, 0.25) is 0 Å². The van der Waals surface area contributed by atoms with Gasteiger partial charge in [-0.05, 0) is 19.4 Å². The van der Waals surface area contributed by atoms with Crippen LogP contribution in [0.4, 0.5) is 0 Å². The molecule has 0 aliphatic heterocycles. The molecule has 0 aliphatic carbocycles. The normalized spacial score (nSPS) is 13.8. The van der Waals surface area contributed by atoms with Crippen LogP contribution in [0.1, 0.15) is 64.6 Å². The van der Waals surface area contributed by atoms with Crippen molar-refractivity contribution >= 4 is 11.3 Å². The summed E-state index contributed by atoms with van der Waals surface area (Å²) in [5.41, 5.74) is 1.40. The number of hydrogen-bond donors (Lipinski definition) is 1. The van der Waals surface area contributed by atoms with Crippen molar-refractivity contribution in [3.05, 3.63) is 16.1 Å². The van der Waals surface area contributed by atoms with Gasteiger partial charge in [-0.25, -0.2) is 4.98 Å². The first-order chi connectivity index (χ1) is 8.47. The van der Waals surface area contributed by atoms with E-state index in [4.69, 9.17) is 4.98 Å². The van der Waals surface area contributed by atoms with Crippen molar-refractivity contribution in [2.45, 2.75) is 71.8 Å². The van der Waals surface area contributed by atoms with Crippen molar-refractivity contribution in [1.82, 2.24) is 10.3 Å². The average Bonchev–Trinajstić information content (AvgIpc) is 2.74. The fraction of sp³-hybridized carbons (Fsp3) is 0.800. The van der Waals surface area contributed by atoms with E-state index in [1.54, 1.807) is 0 Å². The maximum absolute atomic E-state index is 4.79. The molecule has 1 aromatic rings. The SMILES string of the molecule is CCCNC(CCC)Cc1nc(C(C)(C)C)cs1. The van der Waals surface area contributed by atoms with E-state index < -0.39 is 0 Å². The lowest BCUT2D eigenvalue weighted by molar-refractivity contribution is 0.470. The third-order valence-electron chi connectivity index (χ3n) is 3.06. The van der Waals surface area contributed by atoms with Gasteiger partial charge in [0.2, 0.25) is 0 Å². The summed E-state index contributed by atoms with van der Waals surface area (Å²) in [5, 5.41) is 7.13. The minimum Gasteiger partial charge on any atom is -0.314 e. The molecule has 0 aliphatic rings. The van der Waals surface area contributed by atoms with Gasteiger partial charge < -0.3 is 5.32 Å². The Kier molecular flexibility index (Phi) is 6.30. The van der Waals surface area contributed by atoms with Gasteiger partial charge >= 0.3 is 0 Å². The third-order valence-corrected chi connectivity index (χ3v) is 3.93. The van der Waals surface area contributed by atoms with Gasteiger partial charge in [0.25, 0.3) is 0 Å². The summed E-state index contributed by atoms with van der Waals surface area (Å²) < 4.78 is 0. The number of rotatable bonds is 7. The van der Waals surface area contributed by atoms with Crippen molar-refractivity contribution < 1.29 is 0 Å². The second-order valence-electron chi connectivity index (χ2n) is 6.02. The minimum atomic E-state index is 0.172. The summed E-state index contributed by atoms with van der Waals surface area (Å²) in [5.74, 6) is 0. The molecule has 2 nitrogen and oxygen atoms in total. The van der Waals surface area contributed by atoms with Crippen LogP contribution < -0.4 is 5.32 Å². The standard InChI is InChI=1S/C15H28N2S/c1-6-8-12(16-9-7-2)10-14-17-13(11-18-14)15(3,4)5/h11-12,16H,6-10H2,1-5H3. The van der Waals surface area contributed by atoms with E-state index in [0.717, 1.165) is 13.0 Å². The number of thiazole rings is 1. The number of nitrogens with one attached hydrogen (secondary N) is 1. The predicted molar refractivity (Wildman–Crippen MR) is 81.5 cm³/mol. The van der Waals surface area contributed by atoms with Gasteiger partial charge in [-0.2, -0.15) is 0 Å². The lowest BCUT2D eigenvalue weighted by Crippen LogP contribution is -2.31. The van der Waals surface area contributed by atoms with Gasteiger partial charge in [-0.15, -0.1) is 11.3 Å². The highest BCUT2D eigenvalue weighted by atomic mass is 32.1. The Morgan fingerprint density at radius 3 is 2.50 bits per heavy atom. The van der Waals surface area contributed by atoms with Gasteiger partial charge in [0, 0.05) is 23.3 Å². The van der Waals surface area contributed by atoms with Crippen molar-refractivity contribution in [2.24, 2.45) is 0 Å². The van der Waals surface area contributed by atoms with Crippen molar-refractivity contribution in [2.75, 3.05) is 6.54 Å². The monoisotopic (exact) mass is 268 g/mol. The van der Waals surface area contributed by atoms with Gasteiger partial charge in [-0.3, -0.25) is 0 Å². The third kappa shape index (κ3) is 5.07. The Balaban J connectivity index is 2.60. The molecule has 0 amide bonds. The number of hydrogen-bond acceptors (Lipinski definition) is 3. The molecule has 1 heterocycles. The van der Waals surface area contributed by atoms with Gasteiger partial charge in [0.1, 0.15) is 0 Å². The molecule has 0 spiro atoms. The first-order valence-electron chi connectivity index (χ1n) is 7.15. The molecular formula is C15H28N2S. The molecule has 1 rings (SSSR count). The Morgan fingerprint density at radius 2 is 2.00 bits per heavy atom. The zero-order chi connectivity index (χ0) is 13.6. The van der Waals surface area contributed by atoms with Crippen LogP contribution in [0, 0.1) is 0 Å². The second-order valence-corrected chi connectivity index (χ2v) is 6.96. The summed E-state index contributed by atoms with van der Waals surface area (Å²) in [4.78, 5) is 4.79. The van der Waals surface area contributed by atoms with Crippen LogP contribution in [0.3, 0.4) is 0 Å². The Bertz CT molecular complexity index is 339. The quantitative estimate of drug-likeness (QED) is 0.803. The molecule has 1 unspecified atom stereocenters. The van der Waals surface area contributed by atoms with E-state index in [0.29, 0.717) is 6.04 Å². The van der Waals surface area contributed by atoms with Crippen molar-refractivity contribution in [3.63, 3.8) is 0 Å². The average molecular weight is 268 g/mol. The van der Waals surface area contributed by atoms with Gasteiger partial charge in [0.15, 0.2) is 0 Å². The van der Waals surface area contributed by atoms with Gasteiger partial charge in [0.05, 0.1) is 10.7 Å². The van der Waals surface area contributed by atoms with E-state index in [2.05, 4.69) is 45.3 Å². The van der Waals surface area contributed by atoms with E-state index >= 15 is 0 Å². The van der Waals surface area contributed by atoms with Crippen LogP contribution in [-0.2, 0) is 11.8 Å². The van der Waals surface area contributed by atoms with E-state index in [1.165, 1.54) is 30.0 Å². The lowest BCUT2D eigenvalue weighted by atomic mass is 9.93. The maximum Gasteiger partial charge on any atom is 0.0944 e. The van der Waals surface area contributed by atoms with Crippen LogP contribution in [0.5, 0.6) is 0 Å². The van der Waals surface area contributed by atoms with E-state index in [-0.39, 0.29) is 5.41 Å². The first kappa shape index (κ1) is 15.6. The fourth-order valence-corrected chi connectivity index (χ4v) is 3.04. The summed E-state index contributed by atoms with van der Waals surface area (Å²) >= 11 is 1.81. The Hall–Kier alpha value is -0.410. The van der Waals surface area contributed by atoms with E-state index in [1.807, 2.05) is 11.3 Å². The van der Waals surface area contributed by atoms with Crippen LogP contribution >= 0.6 is 11.3 Å². The molecule has 18 heavy (non-hydrogen) atoms. The molecule has 1 atom stereocenters. The topological polar surface area (TPSA) is 24.9 Å². The maximum atomic E-state index is 4.79. The fourth-order valence-electron chi connectivity index (χ4n) is 1.93. The molecule has 0 aromatic carbocycles. The summed E-state index contributed by atoms with van der Waals surface area (Å²) in [7, 11) is 0. The minimum absolute atomic E-state index is 0.172. The lowest BCUT2D eigenvalue weighted by Gasteiger charge is -2.17. The largest absolute Gasteiger partial charge is 0.314 e. The zero-order valence-electron chi connectivity index (χ0n) is 12.5. The molecule has 1 aromatic heterocycles. The molecule has 0 fully saturated rings. The molecule has 0 bridgehead atoms. The predicted octanol–water partition coefficient (Wildman–Crippen LogP) is 4.15. The van der Waals surface area contributed by atoms with Gasteiger partial charge in [-0.1, -0.05) is 41.0 Å². The molecule has 104 valence electrons. The summed E-state index contributed by atoms with van der Waals surface area (Å²) in [6.07, 6.45) is 4.75. The highest BCUT2D eigenvalue weighted by Gasteiger charge is 2.18. The molecular weight excluding hydrogens is 240 g/mol. The molecule has 0 saturated heterocycles. The Labute approximate surface area is 116 Å². The smallest absolute Gasteiger partial charge is 0.0944 e. The highest BCUT2D eigenvalue weighted by molar-refractivity contribution is 7.09. The Morgan fingerprint density at radius 1 is 1.28 bits per heavy atom. The van der Waals surface area contributed by atoms with E-state index in [9.17, 15) is 0 Å². The molecule has 3 heteroatoms.